The van der Waals surface area contributed by atoms with Gasteiger partial charge in [0.25, 0.3) is 0 Å². The van der Waals surface area contributed by atoms with Crippen LogP contribution >= 0.6 is 0 Å². The molecule has 0 saturated carbocycles. The van der Waals surface area contributed by atoms with Crippen LogP contribution in [0.15, 0.2) is 18.2 Å². The molecule has 7 heteroatoms. The number of aromatic hydroxyl groups is 1. The van der Waals surface area contributed by atoms with E-state index >= 15 is 0 Å². The van der Waals surface area contributed by atoms with Crippen molar-refractivity contribution in [1.82, 2.24) is 5.32 Å². The number of urea groups is 1. The number of ether oxygens (including phenoxy) is 1. The van der Waals surface area contributed by atoms with Gasteiger partial charge in [-0.25, -0.2) is 9.59 Å². The lowest BCUT2D eigenvalue weighted by atomic mass is 10.0. The maximum Gasteiger partial charge on any atom is 0.335 e. The molecular weight excluding hydrogens is 264 g/mol. The van der Waals surface area contributed by atoms with Gasteiger partial charge in [0.05, 0.1) is 23.4 Å². The molecule has 1 aromatic carbocycles. The molecule has 1 aliphatic rings. The van der Waals surface area contributed by atoms with Gasteiger partial charge in [-0.05, 0) is 31.5 Å². The lowest BCUT2D eigenvalue weighted by Gasteiger charge is -2.23. The Morgan fingerprint density at radius 1 is 1.40 bits per heavy atom. The first-order valence-electron chi connectivity index (χ1n) is 6.13. The fourth-order valence-corrected chi connectivity index (χ4v) is 1.96. The number of aromatic carboxylic acids is 1. The van der Waals surface area contributed by atoms with Crippen molar-refractivity contribution in [3.63, 3.8) is 0 Å². The number of rotatable bonds is 3. The first kappa shape index (κ1) is 14.1. The highest BCUT2D eigenvalue weighted by atomic mass is 16.5. The Morgan fingerprint density at radius 2 is 2.15 bits per heavy atom. The number of carboxylic acids is 1. The Morgan fingerprint density at radius 3 is 2.70 bits per heavy atom. The Bertz CT molecular complexity index is 538. The minimum atomic E-state index is -1.15. The second kappa shape index (κ2) is 5.38. The number of hydrogen-bond donors (Lipinski definition) is 4. The highest BCUT2D eigenvalue weighted by molar-refractivity contribution is 5.93. The lowest BCUT2D eigenvalue weighted by molar-refractivity contribution is 0.0696. The predicted octanol–water partition coefficient (Wildman–Crippen LogP) is 1.39. The zero-order valence-corrected chi connectivity index (χ0v) is 11.0. The maximum atomic E-state index is 11.8. The summed E-state index contributed by atoms with van der Waals surface area (Å²) in [6.07, 6.45) is 0.713. The number of benzene rings is 1. The minimum Gasteiger partial charge on any atom is -0.506 e. The van der Waals surface area contributed by atoms with Crippen molar-refractivity contribution >= 4 is 17.7 Å². The minimum absolute atomic E-state index is 0.0513. The molecule has 1 saturated heterocycles. The third-order valence-corrected chi connectivity index (χ3v) is 3.13. The van der Waals surface area contributed by atoms with Crippen molar-refractivity contribution in [2.24, 2.45) is 0 Å². The third kappa shape index (κ3) is 3.18. The number of carboxylic acid groups (broad SMARTS) is 1. The number of amides is 2. The van der Waals surface area contributed by atoms with Crippen LogP contribution in [0.25, 0.3) is 0 Å². The Labute approximate surface area is 115 Å². The van der Waals surface area contributed by atoms with Crippen LogP contribution in [0.2, 0.25) is 0 Å². The van der Waals surface area contributed by atoms with Crippen LogP contribution in [-0.4, -0.2) is 41.0 Å². The number of phenolic OH excluding ortho intramolecular Hbond substituents is 1. The Balaban J connectivity index is 2.02. The van der Waals surface area contributed by atoms with Gasteiger partial charge in [-0.1, -0.05) is 0 Å². The number of anilines is 1. The molecule has 2 amide bonds. The van der Waals surface area contributed by atoms with E-state index in [9.17, 15) is 14.7 Å². The van der Waals surface area contributed by atoms with Gasteiger partial charge in [0.15, 0.2) is 0 Å². The van der Waals surface area contributed by atoms with Gasteiger partial charge >= 0.3 is 12.0 Å². The van der Waals surface area contributed by atoms with E-state index < -0.39 is 17.5 Å². The molecule has 1 aliphatic heterocycles. The van der Waals surface area contributed by atoms with Crippen molar-refractivity contribution in [2.75, 3.05) is 18.5 Å². The molecule has 0 radical (unpaired) electrons. The summed E-state index contributed by atoms with van der Waals surface area (Å²) in [5.74, 6) is -1.44. The van der Waals surface area contributed by atoms with Gasteiger partial charge in [0.2, 0.25) is 0 Å². The summed E-state index contributed by atoms with van der Waals surface area (Å²) in [7, 11) is 0. The van der Waals surface area contributed by atoms with Crippen molar-refractivity contribution in [2.45, 2.75) is 18.9 Å². The van der Waals surface area contributed by atoms with Gasteiger partial charge in [-0.2, -0.15) is 0 Å². The molecule has 7 nitrogen and oxygen atoms in total. The number of nitrogens with one attached hydrogen (secondary N) is 2. The van der Waals surface area contributed by atoms with E-state index in [-0.39, 0.29) is 17.0 Å². The Hall–Kier alpha value is -2.28. The predicted molar refractivity (Wildman–Crippen MR) is 71.1 cm³/mol. The molecule has 1 aromatic rings. The fourth-order valence-electron chi connectivity index (χ4n) is 1.96. The van der Waals surface area contributed by atoms with E-state index in [1.807, 2.05) is 6.92 Å². The van der Waals surface area contributed by atoms with Crippen LogP contribution in [0, 0.1) is 0 Å². The summed E-state index contributed by atoms with van der Waals surface area (Å²) >= 11 is 0. The molecule has 1 heterocycles. The van der Waals surface area contributed by atoms with Gasteiger partial charge in [0.1, 0.15) is 5.75 Å². The van der Waals surface area contributed by atoms with E-state index in [0.29, 0.717) is 19.6 Å². The quantitative estimate of drug-likeness (QED) is 0.626. The Kier molecular flexibility index (Phi) is 3.80. The van der Waals surface area contributed by atoms with Crippen LogP contribution in [0.4, 0.5) is 10.5 Å². The standard InChI is InChI=1S/C13H16N2O5/c1-13(4-5-20-7-13)15-12(19)14-9-3-2-8(11(17)18)6-10(9)16/h2-3,6,16H,4-5,7H2,1H3,(H,17,18)(H2,14,15,19). The number of hydrogen-bond acceptors (Lipinski definition) is 4. The largest absolute Gasteiger partial charge is 0.506 e. The molecule has 1 atom stereocenters. The molecule has 2 rings (SSSR count). The van der Waals surface area contributed by atoms with Crippen molar-refractivity contribution in [1.29, 1.82) is 0 Å². The smallest absolute Gasteiger partial charge is 0.335 e. The molecule has 1 unspecified atom stereocenters. The van der Waals surface area contributed by atoms with Crippen molar-refractivity contribution in [3.05, 3.63) is 23.8 Å². The molecule has 4 N–H and O–H groups in total. The van der Waals surface area contributed by atoms with E-state index in [2.05, 4.69) is 10.6 Å². The second-order valence-corrected chi connectivity index (χ2v) is 4.98. The average Bonchev–Trinajstić information content (AvgIpc) is 2.77. The van der Waals surface area contributed by atoms with Gasteiger partial charge in [-0.15, -0.1) is 0 Å². The monoisotopic (exact) mass is 280 g/mol. The summed E-state index contributed by atoms with van der Waals surface area (Å²) in [4.78, 5) is 22.6. The molecule has 0 aliphatic carbocycles. The van der Waals surface area contributed by atoms with Gasteiger partial charge in [-0.3, -0.25) is 0 Å². The van der Waals surface area contributed by atoms with E-state index in [4.69, 9.17) is 9.84 Å². The SMILES string of the molecule is CC1(NC(=O)Nc2ccc(C(=O)O)cc2O)CCOC1. The van der Waals surface area contributed by atoms with E-state index in [0.717, 1.165) is 6.07 Å². The zero-order chi connectivity index (χ0) is 14.8. The zero-order valence-electron chi connectivity index (χ0n) is 11.0. The molecule has 0 bridgehead atoms. The first-order chi connectivity index (χ1) is 9.39. The molecule has 0 aromatic heterocycles. The lowest BCUT2D eigenvalue weighted by Crippen LogP contribution is -2.48. The van der Waals surface area contributed by atoms with Crippen molar-refractivity contribution < 1.29 is 24.5 Å². The topological polar surface area (TPSA) is 108 Å². The second-order valence-electron chi connectivity index (χ2n) is 4.98. The molecular formula is C13H16N2O5. The highest BCUT2D eigenvalue weighted by Gasteiger charge is 2.31. The highest BCUT2D eigenvalue weighted by Crippen LogP contribution is 2.25. The molecule has 1 fully saturated rings. The number of carbonyl (C=O) groups excluding carboxylic acids is 1. The number of carbonyl (C=O) groups is 2. The third-order valence-electron chi connectivity index (χ3n) is 3.13. The fraction of sp³-hybridized carbons (Fsp3) is 0.385. The summed E-state index contributed by atoms with van der Waals surface area (Å²) in [6, 6.07) is 3.25. The summed E-state index contributed by atoms with van der Waals surface area (Å²) < 4.78 is 5.22. The van der Waals surface area contributed by atoms with Crippen LogP contribution in [-0.2, 0) is 4.74 Å². The summed E-state index contributed by atoms with van der Waals surface area (Å²) in [5, 5.41) is 23.7. The van der Waals surface area contributed by atoms with Crippen LogP contribution in [0.5, 0.6) is 5.75 Å². The van der Waals surface area contributed by atoms with E-state index in [1.54, 1.807) is 0 Å². The van der Waals surface area contributed by atoms with Gasteiger partial charge in [0, 0.05) is 6.61 Å². The van der Waals surface area contributed by atoms with Crippen LogP contribution in [0.1, 0.15) is 23.7 Å². The number of phenols is 1. The molecule has 0 spiro atoms. The molecule has 20 heavy (non-hydrogen) atoms. The van der Waals surface area contributed by atoms with E-state index in [1.165, 1.54) is 12.1 Å². The average molecular weight is 280 g/mol. The van der Waals surface area contributed by atoms with Crippen molar-refractivity contribution in [3.8, 4) is 5.75 Å². The normalized spacial score (nSPS) is 21.4. The first-order valence-corrected chi connectivity index (χ1v) is 6.13. The summed E-state index contributed by atoms with van der Waals surface area (Å²) in [6.45, 7) is 2.90. The summed E-state index contributed by atoms with van der Waals surface area (Å²) in [5.41, 5.74) is -0.333. The van der Waals surface area contributed by atoms with Crippen LogP contribution in [0.3, 0.4) is 0 Å². The molecule has 108 valence electrons. The van der Waals surface area contributed by atoms with Crippen LogP contribution < -0.4 is 10.6 Å². The maximum absolute atomic E-state index is 11.8. The van der Waals surface area contributed by atoms with Gasteiger partial charge < -0.3 is 25.6 Å².